The summed E-state index contributed by atoms with van der Waals surface area (Å²) in [6.45, 7) is 2.39. The number of hydrogen-bond donors (Lipinski definition) is 4. The van der Waals surface area contributed by atoms with Gasteiger partial charge in [-0.05, 0) is 30.0 Å². The molecule has 1 aromatic rings. The average molecular weight is 251 g/mol. The molecular weight excluding hydrogens is 230 g/mol. The summed E-state index contributed by atoms with van der Waals surface area (Å²) >= 11 is 0. The molecule has 2 rings (SSSR count). The Balaban J connectivity index is 1.99. The highest BCUT2D eigenvalue weighted by Gasteiger charge is 2.25. The van der Waals surface area contributed by atoms with Gasteiger partial charge in [-0.25, -0.2) is 0 Å². The summed E-state index contributed by atoms with van der Waals surface area (Å²) in [4.78, 5) is 2.17. The van der Waals surface area contributed by atoms with Crippen LogP contribution in [0, 0.1) is 5.92 Å². The second-order valence-electron chi connectivity index (χ2n) is 4.98. The molecule has 1 fully saturated rings. The van der Waals surface area contributed by atoms with Gasteiger partial charge in [-0.3, -0.25) is 10.7 Å². The lowest BCUT2D eigenvalue weighted by Crippen LogP contribution is -2.43. The minimum Gasteiger partial charge on any atom is -0.396 e. The number of nitrogens with zero attached hydrogens (tertiary/aromatic N) is 1. The van der Waals surface area contributed by atoms with Crippen molar-refractivity contribution in [1.82, 2.24) is 4.90 Å². The van der Waals surface area contributed by atoms with Crippen LogP contribution in [-0.4, -0.2) is 40.9 Å². The van der Waals surface area contributed by atoms with Gasteiger partial charge in [-0.1, -0.05) is 12.1 Å². The van der Waals surface area contributed by atoms with Gasteiger partial charge in [-0.2, -0.15) is 0 Å². The van der Waals surface area contributed by atoms with E-state index in [1.54, 1.807) is 0 Å². The van der Waals surface area contributed by atoms with E-state index < -0.39 is 0 Å². The van der Waals surface area contributed by atoms with Crippen LogP contribution in [0.3, 0.4) is 0 Å². The van der Waals surface area contributed by atoms with E-state index in [0.717, 1.165) is 24.3 Å². The lowest BCUT2D eigenvalue weighted by Gasteiger charge is -2.34. The first-order chi connectivity index (χ1) is 8.71. The number of aliphatic hydroxyl groups excluding tert-OH is 2. The number of benzene rings is 1. The first-order valence-electron chi connectivity index (χ1n) is 6.28. The predicted molar refractivity (Wildman–Crippen MR) is 70.7 cm³/mol. The third-order valence-electron chi connectivity index (χ3n) is 3.35. The molecule has 0 aliphatic carbocycles. The van der Waals surface area contributed by atoms with Crippen LogP contribution in [-0.2, 0) is 6.54 Å². The normalized spacial score (nSPS) is 25.1. The molecule has 18 heavy (non-hydrogen) atoms. The van der Waals surface area contributed by atoms with Crippen LogP contribution >= 0.6 is 0 Å². The largest absolute Gasteiger partial charge is 0.396 e. The maximum Gasteiger partial charge on any atom is 0.0671 e. The zero-order chi connectivity index (χ0) is 13.0. The van der Waals surface area contributed by atoms with E-state index in [-0.39, 0.29) is 18.6 Å². The quantitative estimate of drug-likeness (QED) is 0.452. The number of β-amino-alcohol motifs (C(OH)–C–C–N with tert-alkyl or cyclic N) is 1. The summed E-state index contributed by atoms with van der Waals surface area (Å²) in [5.74, 6) is 5.55. The maximum absolute atomic E-state index is 9.77. The Labute approximate surface area is 107 Å². The smallest absolute Gasteiger partial charge is 0.0671 e. The molecule has 0 spiro atoms. The zero-order valence-electron chi connectivity index (χ0n) is 10.4. The Morgan fingerprint density at radius 2 is 2.22 bits per heavy atom. The zero-order valence-corrected chi connectivity index (χ0v) is 10.4. The van der Waals surface area contributed by atoms with Crippen LogP contribution in [0.2, 0.25) is 0 Å². The van der Waals surface area contributed by atoms with Gasteiger partial charge in [0.05, 0.1) is 6.10 Å². The molecule has 5 heteroatoms. The number of rotatable bonds is 4. The number of nitrogens with two attached hydrogens (primary N) is 1. The SMILES string of the molecule is NNc1cccc(CN2CC(O)CC(CO)C2)c1. The van der Waals surface area contributed by atoms with Crippen molar-refractivity contribution in [2.75, 3.05) is 25.1 Å². The molecule has 5 N–H and O–H groups in total. The van der Waals surface area contributed by atoms with Gasteiger partial charge in [0, 0.05) is 31.9 Å². The maximum atomic E-state index is 9.77. The highest BCUT2D eigenvalue weighted by Crippen LogP contribution is 2.19. The van der Waals surface area contributed by atoms with E-state index in [1.807, 2.05) is 24.3 Å². The minimum absolute atomic E-state index is 0.137. The molecule has 1 aliphatic heterocycles. The van der Waals surface area contributed by atoms with Crippen LogP contribution in [0.25, 0.3) is 0 Å². The molecule has 0 radical (unpaired) electrons. The Kier molecular flexibility index (Phi) is 4.54. The Morgan fingerprint density at radius 1 is 1.39 bits per heavy atom. The number of likely N-dealkylation sites (tertiary alicyclic amines) is 1. The second-order valence-corrected chi connectivity index (χ2v) is 4.98. The molecule has 5 nitrogen and oxygen atoms in total. The minimum atomic E-state index is -0.341. The molecular formula is C13H21N3O2. The molecule has 100 valence electrons. The van der Waals surface area contributed by atoms with Gasteiger partial charge in [0.2, 0.25) is 0 Å². The van der Waals surface area contributed by atoms with Gasteiger partial charge >= 0.3 is 0 Å². The number of piperidine rings is 1. The summed E-state index contributed by atoms with van der Waals surface area (Å²) in [6.07, 6.45) is 0.351. The number of hydrazine groups is 1. The number of aliphatic hydroxyl groups is 2. The molecule has 0 bridgehead atoms. The standard InChI is InChI=1S/C13H21N3O2/c14-15-12-3-1-2-10(4-12)6-16-7-11(9-17)5-13(18)8-16/h1-4,11,13,15,17-18H,5-9,14H2. The van der Waals surface area contributed by atoms with E-state index in [2.05, 4.69) is 10.3 Å². The summed E-state index contributed by atoms with van der Waals surface area (Å²) in [5, 5.41) is 19.0. The fraction of sp³-hybridized carbons (Fsp3) is 0.538. The highest BCUT2D eigenvalue weighted by atomic mass is 16.3. The van der Waals surface area contributed by atoms with E-state index in [4.69, 9.17) is 5.84 Å². The van der Waals surface area contributed by atoms with Crippen LogP contribution < -0.4 is 11.3 Å². The van der Waals surface area contributed by atoms with Crippen molar-refractivity contribution in [2.24, 2.45) is 11.8 Å². The van der Waals surface area contributed by atoms with Gasteiger partial charge in [0.25, 0.3) is 0 Å². The molecule has 0 amide bonds. The van der Waals surface area contributed by atoms with Crippen molar-refractivity contribution in [2.45, 2.75) is 19.1 Å². The summed E-state index contributed by atoms with van der Waals surface area (Å²) in [6, 6.07) is 7.89. The van der Waals surface area contributed by atoms with Crippen molar-refractivity contribution >= 4 is 5.69 Å². The molecule has 0 aromatic heterocycles. The van der Waals surface area contributed by atoms with Gasteiger partial charge in [0.1, 0.15) is 0 Å². The highest BCUT2D eigenvalue weighted by molar-refractivity contribution is 5.44. The Morgan fingerprint density at radius 3 is 2.94 bits per heavy atom. The first kappa shape index (κ1) is 13.3. The van der Waals surface area contributed by atoms with Crippen LogP contribution in [0.4, 0.5) is 5.69 Å². The molecule has 1 saturated heterocycles. The second kappa shape index (κ2) is 6.15. The predicted octanol–water partition coefficient (Wildman–Crippen LogP) is 0.147. The molecule has 1 aliphatic rings. The first-order valence-corrected chi connectivity index (χ1v) is 6.28. The topological polar surface area (TPSA) is 81.8 Å². The van der Waals surface area contributed by atoms with Gasteiger partial charge in [0.15, 0.2) is 0 Å². The summed E-state index contributed by atoms with van der Waals surface area (Å²) < 4.78 is 0. The number of hydrogen-bond acceptors (Lipinski definition) is 5. The van der Waals surface area contributed by atoms with Crippen molar-refractivity contribution in [3.05, 3.63) is 29.8 Å². The average Bonchev–Trinajstić information content (AvgIpc) is 2.38. The van der Waals surface area contributed by atoms with Crippen LogP contribution in [0.1, 0.15) is 12.0 Å². The number of anilines is 1. The monoisotopic (exact) mass is 251 g/mol. The fourth-order valence-corrected chi connectivity index (χ4v) is 2.55. The lowest BCUT2D eigenvalue weighted by molar-refractivity contribution is 0.0177. The Bertz CT molecular complexity index is 386. The molecule has 2 atom stereocenters. The summed E-state index contributed by atoms with van der Waals surface area (Å²) in [7, 11) is 0. The third-order valence-corrected chi connectivity index (χ3v) is 3.35. The molecule has 1 aromatic carbocycles. The number of nitrogens with one attached hydrogen (secondary N) is 1. The third kappa shape index (κ3) is 3.43. The van der Waals surface area contributed by atoms with Crippen molar-refractivity contribution < 1.29 is 10.2 Å². The van der Waals surface area contributed by atoms with Crippen molar-refractivity contribution in [1.29, 1.82) is 0 Å². The molecule has 1 heterocycles. The molecule has 2 unspecified atom stereocenters. The van der Waals surface area contributed by atoms with Crippen LogP contribution in [0.5, 0.6) is 0 Å². The van der Waals surface area contributed by atoms with Gasteiger partial charge < -0.3 is 15.6 Å². The van der Waals surface area contributed by atoms with Crippen LogP contribution in [0.15, 0.2) is 24.3 Å². The summed E-state index contributed by atoms with van der Waals surface area (Å²) in [5.41, 5.74) is 4.65. The Hall–Kier alpha value is -1.14. The van der Waals surface area contributed by atoms with E-state index in [0.29, 0.717) is 13.0 Å². The fourth-order valence-electron chi connectivity index (χ4n) is 2.55. The van der Waals surface area contributed by atoms with Crippen molar-refractivity contribution in [3.63, 3.8) is 0 Å². The molecule has 0 saturated carbocycles. The van der Waals surface area contributed by atoms with E-state index in [9.17, 15) is 10.2 Å². The van der Waals surface area contributed by atoms with E-state index >= 15 is 0 Å². The van der Waals surface area contributed by atoms with E-state index in [1.165, 1.54) is 0 Å². The number of nitrogen functional groups attached to an aromatic ring is 1. The lowest BCUT2D eigenvalue weighted by atomic mass is 9.96. The van der Waals surface area contributed by atoms with Gasteiger partial charge in [-0.15, -0.1) is 0 Å². The van der Waals surface area contributed by atoms with Crippen molar-refractivity contribution in [3.8, 4) is 0 Å².